The summed E-state index contributed by atoms with van der Waals surface area (Å²) in [4.78, 5) is 4.31. The van der Waals surface area contributed by atoms with E-state index in [1.807, 2.05) is 24.3 Å². The summed E-state index contributed by atoms with van der Waals surface area (Å²) in [5.74, 6) is -1.53. The molecule has 0 aliphatic heterocycles. The van der Waals surface area contributed by atoms with E-state index in [9.17, 15) is 10.2 Å². The number of anilines is 2. The van der Waals surface area contributed by atoms with Crippen molar-refractivity contribution in [2.24, 2.45) is 7.05 Å². The first kappa shape index (κ1) is 15.4. The Bertz CT molecular complexity index is 1060. The topological polar surface area (TPSA) is 121 Å². The molecule has 0 spiro atoms. The maximum Gasteiger partial charge on any atom is 0.320 e. The number of aliphatic hydroxyl groups is 2. The van der Waals surface area contributed by atoms with Crippen molar-refractivity contribution in [1.29, 1.82) is 0 Å². The van der Waals surface area contributed by atoms with E-state index < -0.39 is 5.97 Å². The van der Waals surface area contributed by atoms with E-state index in [2.05, 4.69) is 25.6 Å². The second kappa shape index (κ2) is 5.43. The summed E-state index contributed by atoms with van der Waals surface area (Å²) in [5.41, 5.74) is 3.13. The van der Waals surface area contributed by atoms with Crippen molar-refractivity contribution in [3.8, 4) is 5.88 Å². The fourth-order valence-electron chi connectivity index (χ4n) is 2.64. The average molecular weight is 340 g/mol. The van der Waals surface area contributed by atoms with Crippen LogP contribution < -0.4 is 10.1 Å². The zero-order chi connectivity index (χ0) is 17.6. The zero-order valence-corrected chi connectivity index (χ0v) is 13.6. The highest BCUT2D eigenvalue weighted by Gasteiger charge is 2.21. The lowest BCUT2D eigenvalue weighted by atomic mass is 10.2. The number of ether oxygens (including phenoxy) is 1. The van der Waals surface area contributed by atoms with Gasteiger partial charge in [0.05, 0.1) is 16.4 Å². The molecule has 0 saturated carbocycles. The maximum absolute atomic E-state index is 9.42. The van der Waals surface area contributed by atoms with Gasteiger partial charge >= 0.3 is 5.97 Å². The van der Waals surface area contributed by atoms with Gasteiger partial charge in [-0.1, -0.05) is 0 Å². The zero-order valence-electron chi connectivity index (χ0n) is 13.6. The SMILES string of the molecule is Cn1nc(OC(C)(O)O)c2ccc(Nc3n[nH]c4cccnc34)cc21. The van der Waals surface area contributed by atoms with Gasteiger partial charge in [0.15, 0.2) is 5.82 Å². The first-order valence-corrected chi connectivity index (χ1v) is 7.57. The molecule has 0 fully saturated rings. The fourth-order valence-corrected chi connectivity index (χ4v) is 2.64. The Morgan fingerprint density at radius 2 is 2.12 bits per heavy atom. The van der Waals surface area contributed by atoms with E-state index in [4.69, 9.17) is 4.74 Å². The number of hydrogen-bond acceptors (Lipinski definition) is 7. The standard InChI is InChI=1S/C16H16N6O3/c1-16(23,24)25-15-10-6-5-9(8-12(10)22(2)21-15)18-14-13-11(19-20-14)4-3-7-17-13/h3-8,23-24H,1-2H3,(H2,18,19,20). The Balaban J connectivity index is 1.71. The largest absolute Gasteiger partial charge is 0.419 e. The third-order valence-corrected chi connectivity index (χ3v) is 3.69. The molecule has 9 heteroatoms. The molecule has 4 N–H and O–H groups in total. The molecule has 25 heavy (non-hydrogen) atoms. The van der Waals surface area contributed by atoms with Crippen LogP contribution >= 0.6 is 0 Å². The lowest BCUT2D eigenvalue weighted by Crippen LogP contribution is -2.31. The van der Waals surface area contributed by atoms with Crippen LogP contribution in [-0.4, -0.2) is 41.1 Å². The second-order valence-corrected chi connectivity index (χ2v) is 5.79. The monoisotopic (exact) mass is 340 g/mol. The molecule has 9 nitrogen and oxygen atoms in total. The van der Waals surface area contributed by atoms with Crippen molar-refractivity contribution in [1.82, 2.24) is 25.0 Å². The number of aryl methyl sites for hydroxylation is 1. The summed E-state index contributed by atoms with van der Waals surface area (Å²) in [5, 5.41) is 34.0. The molecule has 0 radical (unpaired) electrons. The van der Waals surface area contributed by atoms with Gasteiger partial charge in [-0.25, -0.2) is 0 Å². The number of nitrogens with zero attached hydrogens (tertiary/aromatic N) is 4. The second-order valence-electron chi connectivity index (χ2n) is 5.79. The normalized spacial score (nSPS) is 12.0. The van der Waals surface area contributed by atoms with Crippen LogP contribution in [-0.2, 0) is 7.05 Å². The van der Waals surface area contributed by atoms with Gasteiger partial charge in [0, 0.05) is 25.9 Å². The van der Waals surface area contributed by atoms with Crippen molar-refractivity contribution in [3.05, 3.63) is 36.5 Å². The number of hydrogen-bond donors (Lipinski definition) is 4. The van der Waals surface area contributed by atoms with Crippen LogP contribution in [0.1, 0.15) is 6.92 Å². The van der Waals surface area contributed by atoms with Gasteiger partial charge < -0.3 is 20.3 Å². The number of aromatic nitrogens is 5. The number of nitrogens with one attached hydrogen (secondary N) is 2. The van der Waals surface area contributed by atoms with Crippen molar-refractivity contribution in [2.45, 2.75) is 12.9 Å². The van der Waals surface area contributed by atoms with Crippen molar-refractivity contribution >= 4 is 33.4 Å². The highest BCUT2D eigenvalue weighted by Crippen LogP contribution is 2.30. The van der Waals surface area contributed by atoms with Gasteiger partial charge in [0.2, 0.25) is 5.88 Å². The first-order chi connectivity index (χ1) is 11.9. The quantitative estimate of drug-likeness (QED) is 0.417. The summed E-state index contributed by atoms with van der Waals surface area (Å²) < 4.78 is 6.67. The van der Waals surface area contributed by atoms with Crippen LogP contribution in [0.15, 0.2) is 36.5 Å². The smallest absolute Gasteiger partial charge is 0.320 e. The maximum atomic E-state index is 9.42. The van der Waals surface area contributed by atoms with Crippen LogP contribution in [0, 0.1) is 0 Å². The average Bonchev–Trinajstić information content (AvgIpc) is 3.08. The van der Waals surface area contributed by atoms with Gasteiger partial charge in [0.1, 0.15) is 5.52 Å². The number of pyridine rings is 1. The molecule has 0 atom stereocenters. The van der Waals surface area contributed by atoms with E-state index in [-0.39, 0.29) is 5.88 Å². The highest BCUT2D eigenvalue weighted by atomic mass is 16.8. The molecule has 0 bridgehead atoms. The molecule has 1 aromatic carbocycles. The number of fused-ring (bicyclic) bond motifs is 2. The Hall–Kier alpha value is -3.17. The van der Waals surface area contributed by atoms with E-state index in [0.29, 0.717) is 11.2 Å². The van der Waals surface area contributed by atoms with Gasteiger partial charge in [-0.3, -0.25) is 14.8 Å². The number of aromatic amines is 1. The minimum atomic E-state index is -2.29. The molecule has 0 aliphatic carbocycles. The molecule has 128 valence electrons. The summed E-state index contributed by atoms with van der Waals surface area (Å²) in [6.45, 7) is 1.12. The number of benzene rings is 1. The molecule has 4 rings (SSSR count). The molecular weight excluding hydrogens is 324 g/mol. The first-order valence-electron chi connectivity index (χ1n) is 7.57. The molecule has 0 aliphatic rings. The summed E-state index contributed by atoms with van der Waals surface area (Å²) in [7, 11) is 1.75. The molecule has 3 aromatic heterocycles. The van der Waals surface area contributed by atoms with Crippen LogP contribution in [0.4, 0.5) is 11.5 Å². The Morgan fingerprint density at radius 1 is 1.28 bits per heavy atom. The van der Waals surface area contributed by atoms with Gasteiger partial charge in [0.25, 0.3) is 0 Å². The predicted octanol–water partition coefficient (Wildman–Crippen LogP) is 1.63. The summed E-state index contributed by atoms with van der Waals surface area (Å²) in [6, 6.07) is 9.21. The summed E-state index contributed by atoms with van der Waals surface area (Å²) >= 11 is 0. The molecule has 3 heterocycles. The Morgan fingerprint density at radius 3 is 2.92 bits per heavy atom. The predicted molar refractivity (Wildman–Crippen MR) is 91.4 cm³/mol. The molecule has 0 amide bonds. The number of rotatable bonds is 4. The van der Waals surface area contributed by atoms with E-state index in [0.717, 1.165) is 29.2 Å². The fraction of sp³-hybridized carbons (Fsp3) is 0.188. The van der Waals surface area contributed by atoms with Crippen molar-refractivity contribution in [3.63, 3.8) is 0 Å². The van der Waals surface area contributed by atoms with Gasteiger partial charge in [-0.15, -0.1) is 5.10 Å². The molecule has 4 aromatic rings. The van der Waals surface area contributed by atoms with Gasteiger partial charge in [-0.05, 0) is 30.3 Å². The van der Waals surface area contributed by atoms with Crippen molar-refractivity contribution < 1.29 is 14.9 Å². The van der Waals surface area contributed by atoms with Gasteiger partial charge in [-0.2, -0.15) is 5.10 Å². The minimum Gasteiger partial charge on any atom is -0.419 e. The number of H-pyrrole nitrogens is 1. The molecular formula is C16H16N6O3. The van der Waals surface area contributed by atoms with E-state index >= 15 is 0 Å². The summed E-state index contributed by atoms with van der Waals surface area (Å²) in [6.07, 6.45) is 1.71. The molecule has 0 saturated heterocycles. The third kappa shape index (κ3) is 2.86. The van der Waals surface area contributed by atoms with Crippen LogP contribution in [0.2, 0.25) is 0 Å². The Kier molecular flexibility index (Phi) is 3.34. The molecule has 0 unspecified atom stereocenters. The van der Waals surface area contributed by atoms with Crippen LogP contribution in [0.3, 0.4) is 0 Å². The minimum absolute atomic E-state index is 0.142. The highest BCUT2D eigenvalue weighted by molar-refractivity contribution is 5.91. The lowest BCUT2D eigenvalue weighted by Gasteiger charge is -2.15. The lowest BCUT2D eigenvalue weighted by molar-refractivity contribution is -0.278. The van der Waals surface area contributed by atoms with Crippen molar-refractivity contribution in [2.75, 3.05) is 5.32 Å². The Labute approximate surface area is 141 Å². The van der Waals surface area contributed by atoms with E-state index in [1.165, 1.54) is 0 Å². The van der Waals surface area contributed by atoms with E-state index in [1.54, 1.807) is 24.0 Å². The van der Waals surface area contributed by atoms with Crippen LogP contribution in [0.5, 0.6) is 5.88 Å². The third-order valence-electron chi connectivity index (χ3n) is 3.69. The van der Waals surface area contributed by atoms with Crippen LogP contribution in [0.25, 0.3) is 21.9 Å².